The van der Waals surface area contributed by atoms with Crippen LogP contribution >= 0.6 is 22.7 Å². The van der Waals surface area contributed by atoms with Gasteiger partial charge < -0.3 is 9.47 Å². The number of aryl methyl sites for hydroxylation is 1. The number of thiazole rings is 1. The minimum Gasteiger partial charge on any atom is -0.329 e. The zero-order chi connectivity index (χ0) is 15.8. The van der Waals surface area contributed by atoms with E-state index >= 15 is 0 Å². The van der Waals surface area contributed by atoms with Crippen molar-refractivity contribution >= 4 is 28.6 Å². The summed E-state index contributed by atoms with van der Waals surface area (Å²) in [6, 6.07) is 4.01. The molecular formula is C15H15N5OS2. The molecule has 0 saturated heterocycles. The molecule has 3 aromatic rings. The van der Waals surface area contributed by atoms with Crippen LogP contribution < -0.4 is 0 Å². The quantitative estimate of drug-likeness (QED) is 0.732. The molecule has 0 radical (unpaired) electrons. The van der Waals surface area contributed by atoms with Crippen LogP contribution in [0.15, 0.2) is 23.7 Å². The molecule has 0 N–H and O–H groups in total. The lowest BCUT2D eigenvalue weighted by atomic mass is 10.3. The van der Waals surface area contributed by atoms with Crippen molar-refractivity contribution in [3.63, 3.8) is 0 Å². The third-order valence-electron chi connectivity index (χ3n) is 3.88. The minimum atomic E-state index is 0.0256. The van der Waals surface area contributed by atoms with Gasteiger partial charge in [0.15, 0.2) is 5.82 Å². The van der Waals surface area contributed by atoms with Crippen molar-refractivity contribution in [3.8, 4) is 9.88 Å². The molecule has 4 heterocycles. The van der Waals surface area contributed by atoms with Crippen molar-refractivity contribution in [2.45, 2.75) is 26.4 Å². The van der Waals surface area contributed by atoms with E-state index in [0.717, 1.165) is 34.5 Å². The van der Waals surface area contributed by atoms with Crippen molar-refractivity contribution in [2.75, 3.05) is 6.54 Å². The SMILES string of the molecule is CCc1nnc2n1CCN(C(=O)c1cnc(-c3cccs3)s1)C2. The molecule has 0 fully saturated rings. The van der Waals surface area contributed by atoms with Gasteiger partial charge in [0.25, 0.3) is 5.91 Å². The Morgan fingerprint density at radius 1 is 1.35 bits per heavy atom. The molecule has 0 saturated carbocycles. The summed E-state index contributed by atoms with van der Waals surface area (Å²) in [7, 11) is 0. The number of carbonyl (C=O) groups excluding carboxylic acids is 1. The van der Waals surface area contributed by atoms with E-state index in [1.54, 1.807) is 17.5 Å². The average Bonchev–Trinajstić information content (AvgIpc) is 3.31. The van der Waals surface area contributed by atoms with E-state index < -0.39 is 0 Å². The van der Waals surface area contributed by atoms with Crippen LogP contribution in [0.1, 0.15) is 28.2 Å². The fraction of sp³-hybridized carbons (Fsp3) is 0.333. The molecule has 0 aliphatic carbocycles. The largest absolute Gasteiger partial charge is 0.329 e. The highest BCUT2D eigenvalue weighted by atomic mass is 32.1. The second-order valence-corrected chi connectivity index (χ2v) is 7.25. The summed E-state index contributed by atoms with van der Waals surface area (Å²) in [5, 5.41) is 11.3. The van der Waals surface area contributed by atoms with Crippen molar-refractivity contribution in [1.82, 2.24) is 24.6 Å². The number of aromatic nitrogens is 4. The topological polar surface area (TPSA) is 63.9 Å². The average molecular weight is 345 g/mol. The summed E-state index contributed by atoms with van der Waals surface area (Å²) in [6.45, 7) is 4.02. The van der Waals surface area contributed by atoms with E-state index in [-0.39, 0.29) is 5.91 Å². The molecule has 1 amide bonds. The van der Waals surface area contributed by atoms with Crippen molar-refractivity contribution < 1.29 is 4.79 Å². The van der Waals surface area contributed by atoms with Crippen molar-refractivity contribution in [1.29, 1.82) is 0 Å². The summed E-state index contributed by atoms with van der Waals surface area (Å²) in [5.74, 6) is 1.88. The van der Waals surface area contributed by atoms with Crippen LogP contribution in [-0.2, 0) is 19.5 Å². The Morgan fingerprint density at radius 2 is 2.26 bits per heavy atom. The molecule has 1 aliphatic heterocycles. The summed E-state index contributed by atoms with van der Waals surface area (Å²) in [6.07, 6.45) is 2.54. The van der Waals surface area contributed by atoms with E-state index in [9.17, 15) is 4.79 Å². The van der Waals surface area contributed by atoms with Crippen LogP contribution in [0.3, 0.4) is 0 Å². The number of hydrogen-bond donors (Lipinski definition) is 0. The van der Waals surface area contributed by atoms with Crippen LogP contribution in [0.4, 0.5) is 0 Å². The summed E-state index contributed by atoms with van der Waals surface area (Å²) < 4.78 is 2.12. The number of amides is 1. The van der Waals surface area contributed by atoms with Crippen molar-refractivity contribution in [2.24, 2.45) is 0 Å². The molecule has 23 heavy (non-hydrogen) atoms. The normalized spacial score (nSPS) is 14.0. The van der Waals surface area contributed by atoms with Crippen LogP contribution in [0.5, 0.6) is 0 Å². The van der Waals surface area contributed by atoms with Gasteiger partial charge in [-0.25, -0.2) is 4.98 Å². The smallest absolute Gasteiger partial charge is 0.266 e. The van der Waals surface area contributed by atoms with Crippen LogP contribution in [0, 0.1) is 0 Å². The summed E-state index contributed by atoms with van der Waals surface area (Å²) in [4.78, 5) is 20.7. The number of carbonyl (C=O) groups is 1. The fourth-order valence-corrected chi connectivity index (χ4v) is 4.38. The number of thiophene rings is 1. The predicted molar refractivity (Wildman–Crippen MR) is 89.6 cm³/mol. The van der Waals surface area contributed by atoms with E-state index in [1.807, 2.05) is 22.4 Å². The first kappa shape index (κ1) is 14.5. The number of fused-ring (bicyclic) bond motifs is 1. The van der Waals surface area contributed by atoms with E-state index in [1.165, 1.54) is 11.3 Å². The van der Waals surface area contributed by atoms with Gasteiger partial charge in [-0.05, 0) is 11.4 Å². The van der Waals surface area contributed by atoms with Gasteiger partial charge in [0.1, 0.15) is 15.7 Å². The van der Waals surface area contributed by atoms with Crippen LogP contribution in [0.2, 0.25) is 0 Å². The van der Waals surface area contributed by atoms with Gasteiger partial charge in [0.2, 0.25) is 0 Å². The molecule has 0 atom stereocenters. The maximum Gasteiger partial charge on any atom is 0.266 e. The molecule has 0 unspecified atom stereocenters. The van der Waals surface area contributed by atoms with Gasteiger partial charge in [0, 0.05) is 19.5 Å². The first-order valence-corrected chi connectivity index (χ1v) is 9.16. The molecule has 0 aromatic carbocycles. The molecule has 8 heteroatoms. The molecule has 6 nitrogen and oxygen atoms in total. The Kier molecular flexibility index (Phi) is 3.70. The third kappa shape index (κ3) is 2.57. The van der Waals surface area contributed by atoms with Gasteiger partial charge in [-0.15, -0.1) is 32.9 Å². The molecule has 118 valence electrons. The molecule has 1 aliphatic rings. The zero-order valence-corrected chi connectivity index (χ0v) is 14.2. The zero-order valence-electron chi connectivity index (χ0n) is 12.6. The number of rotatable bonds is 3. The monoisotopic (exact) mass is 345 g/mol. The van der Waals surface area contributed by atoms with Gasteiger partial charge in [-0.3, -0.25) is 4.79 Å². The Labute approximate surface area is 141 Å². The molecular weight excluding hydrogens is 330 g/mol. The lowest BCUT2D eigenvalue weighted by molar-refractivity contribution is 0.0711. The minimum absolute atomic E-state index is 0.0256. The van der Waals surface area contributed by atoms with E-state index in [4.69, 9.17) is 0 Å². The highest BCUT2D eigenvalue weighted by Crippen LogP contribution is 2.29. The molecule has 0 bridgehead atoms. The lowest BCUT2D eigenvalue weighted by Crippen LogP contribution is -2.38. The Bertz CT molecular complexity index is 836. The molecule has 4 rings (SSSR count). The number of hydrogen-bond acceptors (Lipinski definition) is 6. The second kappa shape index (κ2) is 5.86. The molecule has 3 aromatic heterocycles. The Morgan fingerprint density at radius 3 is 3.04 bits per heavy atom. The Balaban J connectivity index is 1.54. The summed E-state index contributed by atoms with van der Waals surface area (Å²) >= 11 is 3.08. The highest BCUT2D eigenvalue weighted by Gasteiger charge is 2.26. The van der Waals surface area contributed by atoms with E-state index in [0.29, 0.717) is 18.0 Å². The van der Waals surface area contributed by atoms with Crippen LogP contribution in [-0.4, -0.2) is 37.1 Å². The number of nitrogens with zero attached hydrogens (tertiary/aromatic N) is 5. The fourth-order valence-electron chi connectivity index (χ4n) is 2.70. The van der Waals surface area contributed by atoms with Gasteiger partial charge in [-0.1, -0.05) is 13.0 Å². The third-order valence-corrected chi connectivity index (χ3v) is 5.91. The highest BCUT2D eigenvalue weighted by molar-refractivity contribution is 7.21. The van der Waals surface area contributed by atoms with Gasteiger partial charge >= 0.3 is 0 Å². The van der Waals surface area contributed by atoms with E-state index in [2.05, 4.69) is 26.7 Å². The lowest BCUT2D eigenvalue weighted by Gasteiger charge is -2.27. The maximum atomic E-state index is 12.7. The standard InChI is InChI=1S/C15H15N5OS2/c1-2-12-17-18-13-9-19(5-6-20(12)13)15(21)11-8-16-14(23-11)10-4-3-7-22-10/h3-4,7-8H,2,5-6,9H2,1H3. The predicted octanol–water partition coefficient (Wildman–Crippen LogP) is 2.68. The van der Waals surface area contributed by atoms with Gasteiger partial charge in [-0.2, -0.15) is 0 Å². The first-order chi connectivity index (χ1) is 11.3. The van der Waals surface area contributed by atoms with Crippen LogP contribution in [0.25, 0.3) is 9.88 Å². The molecule has 0 spiro atoms. The summed E-state index contributed by atoms with van der Waals surface area (Å²) in [5.41, 5.74) is 0. The maximum absolute atomic E-state index is 12.7. The first-order valence-electron chi connectivity index (χ1n) is 7.46. The second-order valence-electron chi connectivity index (χ2n) is 5.27. The van der Waals surface area contributed by atoms with Gasteiger partial charge in [0.05, 0.1) is 17.6 Å². The van der Waals surface area contributed by atoms with Crippen molar-refractivity contribution in [3.05, 3.63) is 40.2 Å². The Hall–Kier alpha value is -2.06.